The van der Waals surface area contributed by atoms with Crippen LogP contribution >= 0.6 is 0 Å². The number of hydrogen-bond donors (Lipinski definition) is 3. The van der Waals surface area contributed by atoms with Crippen molar-refractivity contribution in [2.24, 2.45) is 5.73 Å². The normalized spacial score (nSPS) is 13.1. The molecule has 18 heavy (non-hydrogen) atoms. The molecular weight excluding hydrogens is 236 g/mol. The minimum atomic E-state index is -0.968. The highest BCUT2D eigenvalue weighted by atomic mass is 16.7. The first-order valence-corrected chi connectivity index (χ1v) is 5.38. The predicted molar refractivity (Wildman–Crippen MR) is 67.4 cm³/mol. The molecular formula is C12H18N2O4. The second-order valence-electron chi connectivity index (χ2n) is 3.93. The molecule has 100 valence electrons. The zero-order chi connectivity index (χ0) is 13.8. The zero-order valence-electron chi connectivity index (χ0n) is 10.6. The zero-order valence-corrected chi connectivity index (χ0v) is 10.6. The maximum atomic E-state index is 10.7. The molecule has 1 aromatic carbocycles. The summed E-state index contributed by atoms with van der Waals surface area (Å²) in [6.07, 6.45) is -0.594. The van der Waals surface area contributed by atoms with Crippen molar-refractivity contribution in [3.05, 3.63) is 29.8 Å². The Hall–Kier alpha value is -1.63. The summed E-state index contributed by atoms with van der Waals surface area (Å²) < 4.78 is 10.4. The van der Waals surface area contributed by atoms with E-state index in [2.05, 4.69) is 5.32 Å². The molecule has 0 aliphatic rings. The number of benzene rings is 1. The summed E-state index contributed by atoms with van der Waals surface area (Å²) in [4.78, 5) is 10.7. The summed E-state index contributed by atoms with van der Waals surface area (Å²) in [7, 11) is 3.00. The van der Waals surface area contributed by atoms with Crippen LogP contribution in [0.4, 0.5) is 5.69 Å². The van der Waals surface area contributed by atoms with Gasteiger partial charge in [-0.05, 0) is 31.2 Å². The highest BCUT2D eigenvalue weighted by Gasteiger charge is 2.31. The standard InChI is InChI=1S/C12H18N2O4/c1-12(17-2,18-3)11(13)14-9-6-4-8(5-7-9)10(15)16/h4-7,11,14H,13H2,1-3H3,(H,15,16). The van der Waals surface area contributed by atoms with Crippen molar-refractivity contribution in [1.29, 1.82) is 0 Å². The van der Waals surface area contributed by atoms with Gasteiger partial charge < -0.3 is 25.6 Å². The Morgan fingerprint density at radius 2 is 1.83 bits per heavy atom. The molecule has 6 nitrogen and oxygen atoms in total. The Kier molecular flexibility index (Phi) is 4.66. The van der Waals surface area contributed by atoms with Gasteiger partial charge in [-0.15, -0.1) is 0 Å². The Labute approximate surface area is 106 Å². The highest BCUT2D eigenvalue weighted by Crippen LogP contribution is 2.17. The average molecular weight is 254 g/mol. The molecule has 4 N–H and O–H groups in total. The van der Waals surface area contributed by atoms with Crippen LogP contribution in [-0.4, -0.2) is 37.2 Å². The lowest BCUT2D eigenvalue weighted by Crippen LogP contribution is -2.53. The predicted octanol–water partition coefficient (Wildman–Crippen LogP) is 1.09. The second-order valence-corrected chi connectivity index (χ2v) is 3.93. The first kappa shape index (κ1) is 14.4. The summed E-state index contributed by atoms with van der Waals surface area (Å²) in [5, 5.41) is 11.8. The van der Waals surface area contributed by atoms with E-state index >= 15 is 0 Å². The van der Waals surface area contributed by atoms with Gasteiger partial charge in [-0.3, -0.25) is 0 Å². The molecule has 0 heterocycles. The van der Waals surface area contributed by atoms with Gasteiger partial charge in [0.05, 0.1) is 5.56 Å². The minimum absolute atomic E-state index is 0.218. The smallest absolute Gasteiger partial charge is 0.335 e. The Morgan fingerprint density at radius 3 is 2.22 bits per heavy atom. The fourth-order valence-corrected chi connectivity index (χ4v) is 1.36. The fraction of sp³-hybridized carbons (Fsp3) is 0.417. The van der Waals surface area contributed by atoms with E-state index in [9.17, 15) is 4.79 Å². The van der Waals surface area contributed by atoms with Crippen molar-refractivity contribution >= 4 is 11.7 Å². The van der Waals surface area contributed by atoms with Gasteiger partial charge in [0.1, 0.15) is 6.17 Å². The van der Waals surface area contributed by atoms with Gasteiger partial charge in [-0.1, -0.05) is 0 Å². The molecule has 6 heteroatoms. The average Bonchev–Trinajstić information content (AvgIpc) is 2.38. The van der Waals surface area contributed by atoms with Gasteiger partial charge in [0.25, 0.3) is 0 Å². The molecule has 0 radical (unpaired) electrons. The van der Waals surface area contributed by atoms with E-state index in [-0.39, 0.29) is 5.56 Å². The van der Waals surface area contributed by atoms with E-state index in [4.69, 9.17) is 20.3 Å². The van der Waals surface area contributed by atoms with Crippen LogP contribution in [0.3, 0.4) is 0 Å². The fourth-order valence-electron chi connectivity index (χ4n) is 1.36. The Balaban J connectivity index is 2.76. The summed E-state index contributed by atoms with van der Waals surface area (Å²) >= 11 is 0. The van der Waals surface area contributed by atoms with E-state index in [0.717, 1.165) is 0 Å². The van der Waals surface area contributed by atoms with Gasteiger partial charge in [0.15, 0.2) is 5.79 Å². The van der Waals surface area contributed by atoms with Crippen LogP contribution in [0.25, 0.3) is 0 Å². The Bertz CT molecular complexity index is 401. The number of hydrogen-bond acceptors (Lipinski definition) is 5. The molecule has 0 saturated heterocycles. The minimum Gasteiger partial charge on any atom is -0.478 e. The molecule has 0 saturated carbocycles. The number of nitrogens with one attached hydrogen (secondary N) is 1. The van der Waals surface area contributed by atoms with Crippen LogP contribution in [-0.2, 0) is 9.47 Å². The van der Waals surface area contributed by atoms with Crippen molar-refractivity contribution < 1.29 is 19.4 Å². The topological polar surface area (TPSA) is 93.8 Å². The van der Waals surface area contributed by atoms with Gasteiger partial charge >= 0.3 is 5.97 Å². The third-order valence-corrected chi connectivity index (χ3v) is 2.83. The van der Waals surface area contributed by atoms with Crippen molar-refractivity contribution in [3.8, 4) is 0 Å². The van der Waals surface area contributed by atoms with Crippen molar-refractivity contribution in [2.75, 3.05) is 19.5 Å². The lowest BCUT2D eigenvalue weighted by atomic mass is 10.2. The third-order valence-electron chi connectivity index (χ3n) is 2.83. The first-order valence-electron chi connectivity index (χ1n) is 5.38. The van der Waals surface area contributed by atoms with Gasteiger partial charge in [-0.25, -0.2) is 4.79 Å². The molecule has 0 spiro atoms. The Morgan fingerprint density at radius 1 is 1.33 bits per heavy atom. The molecule has 0 aromatic heterocycles. The number of anilines is 1. The molecule has 1 rings (SSSR count). The van der Waals surface area contributed by atoms with E-state index < -0.39 is 17.9 Å². The van der Waals surface area contributed by atoms with Crippen LogP contribution in [0, 0.1) is 0 Å². The van der Waals surface area contributed by atoms with Crippen LogP contribution in [0.5, 0.6) is 0 Å². The molecule has 0 amide bonds. The van der Waals surface area contributed by atoms with Crippen LogP contribution < -0.4 is 11.1 Å². The number of nitrogens with two attached hydrogens (primary N) is 1. The van der Waals surface area contributed by atoms with E-state index in [0.29, 0.717) is 5.69 Å². The number of methoxy groups -OCH3 is 2. The molecule has 0 aliphatic carbocycles. The summed E-state index contributed by atoms with van der Waals surface area (Å²) in [6, 6.07) is 6.26. The molecule has 0 fully saturated rings. The summed E-state index contributed by atoms with van der Waals surface area (Å²) in [5.74, 6) is -1.93. The monoisotopic (exact) mass is 254 g/mol. The highest BCUT2D eigenvalue weighted by molar-refractivity contribution is 5.87. The summed E-state index contributed by atoms with van der Waals surface area (Å²) in [6.45, 7) is 1.70. The van der Waals surface area contributed by atoms with Gasteiger partial charge in [-0.2, -0.15) is 0 Å². The lowest BCUT2D eigenvalue weighted by Gasteiger charge is -2.33. The van der Waals surface area contributed by atoms with Crippen molar-refractivity contribution in [2.45, 2.75) is 18.9 Å². The van der Waals surface area contributed by atoms with Crippen LogP contribution in [0.1, 0.15) is 17.3 Å². The molecule has 1 aromatic rings. The van der Waals surface area contributed by atoms with Crippen molar-refractivity contribution in [1.82, 2.24) is 0 Å². The first-order chi connectivity index (χ1) is 8.42. The van der Waals surface area contributed by atoms with E-state index in [1.807, 2.05) is 0 Å². The number of carboxylic acid groups (broad SMARTS) is 1. The second kappa shape index (κ2) is 5.81. The maximum absolute atomic E-state index is 10.7. The lowest BCUT2D eigenvalue weighted by molar-refractivity contribution is -0.201. The summed E-state index contributed by atoms with van der Waals surface area (Å²) in [5.41, 5.74) is 6.83. The maximum Gasteiger partial charge on any atom is 0.335 e. The number of carboxylic acids is 1. The SMILES string of the molecule is COC(C)(OC)C(N)Nc1ccc(C(=O)O)cc1. The molecule has 1 unspecified atom stereocenters. The number of rotatable bonds is 6. The number of aromatic carboxylic acids is 1. The van der Waals surface area contributed by atoms with Gasteiger partial charge in [0.2, 0.25) is 0 Å². The molecule has 0 bridgehead atoms. The van der Waals surface area contributed by atoms with Crippen LogP contribution in [0.2, 0.25) is 0 Å². The molecule has 0 aliphatic heterocycles. The van der Waals surface area contributed by atoms with Gasteiger partial charge in [0, 0.05) is 19.9 Å². The van der Waals surface area contributed by atoms with E-state index in [1.54, 1.807) is 19.1 Å². The third kappa shape index (κ3) is 3.19. The number of carbonyl (C=O) groups is 1. The number of ether oxygens (including phenoxy) is 2. The van der Waals surface area contributed by atoms with Crippen molar-refractivity contribution in [3.63, 3.8) is 0 Å². The molecule has 1 atom stereocenters. The van der Waals surface area contributed by atoms with E-state index in [1.165, 1.54) is 26.4 Å². The largest absolute Gasteiger partial charge is 0.478 e. The van der Waals surface area contributed by atoms with Crippen LogP contribution in [0.15, 0.2) is 24.3 Å². The quantitative estimate of drug-likeness (QED) is 0.658.